The smallest absolute Gasteiger partial charge is 0.410 e. The lowest BCUT2D eigenvalue weighted by molar-refractivity contribution is 0.0136. The molecule has 7 heteroatoms. The van der Waals surface area contributed by atoms with Crippen molar-refractivity contribution in [2.45, 2.75) is 45.8 Å². The molecule has 0 radical (unpaired) electrons. The Labute approximate surface area is 207 Å². The quantitative estimate of drug-likeness (QED) is 0.461. The van der Waals surface area contributed by atoms with Crippen LogP contribution in [-0.4, -0.2) is 57.9 Å². The Morgan fingerprint density at radius 3 is 2.11 bits per heavy atom. The molecule has 1 atom stereocenters. The average molecular weight is 472 g/mol. The van der Waals surface area contributed by atoms with Gasteiger partial charge in [0, 0.05) is 30.8 Å². The number of ether oxygens (including phenoxy) is 1. The Balaban J connectivity index is 1.52. The Morgan fingerprint density at radius 2 is 1.60 bits per heavy atom. The molecule has 7 nitrogen and oxygen atoms in total. The van der Waals surface area contributed by atoms with Gasteiger partial charge >= 0.3 is 6.09 Å². The van der Waals surface area contributed by atoms with Gasteiger partial charge in [-0.05, 0) is 27.2 Å². The fourth-order valence-electron chi connectivity index (χ4n) is 4.11. The zero-order valence-corrected chi connectivity index (χ0v) is 20.9. The number of hydrogen-bond acceptors (Lipinski definition) is 6. The van der Waals surface area contributed by atoms with Gasteiger partial charge in [0.1, 0.15) is 11.4 Å². The zero-order chi connectivity index (χ0) is 24.8. The van der Waals surface area contributed by atoms with Crippen LogP contribution in [0.1, 0.15) is 45.2 Å². The van der Waals surface area contributed by atoms with Crippen LogP contribution in [0.25, 0.3) is 0 Å². The minimum Gasteiger partial charge on any atom is -0.444 e. The van der Waals surface area contributed by atoms with Gasteiger partial charge in [-0.25, -0.2) is 19.8 Å². The van der Waals surface area contributed by atoms with Gasteiger partial charge in [0.25, 0.3) is 0 Å². The van der Waals surface area contributed by atoms with Crippen LogP contribution in [-0.2, 0) is 4.74 Å². The number of benzene rings is 2. The van der Waals surface area contributed by atoms with Crippen molar-refractivity contribution in [2.75, 3.05) is 24.5 Å². The number of hydrogen-bond donors (Lipinski definition) is 0. The van der Waals surface area contributed by atoms with Crippen molar-refractivity contribution < 1.29 is 9.53 Å². The molecule has 0 spiro atoms. The summed E-state index contributed by atoms with van der Waals surface area (Å²) in [6.07, 6.45) is 4.06. The van der Waals surface area contributed by atoms with Crippen LogP contribution in [0, 0.1) is 0 Å². The molecular formula is C28H33N5O2. The molecule has 0 N–H and O–H groups in total. The van der Waals surface area contributed by atoms with Gasteiger partial charge in [0.15, 0.2) is 5.82 Å². The van der Waals surface area contributed by atoms with Gasteiger partial charge < -0.3 is 14.5 Å². The average Bonchev–Trinajstić information content (AvgIpc) is 2.87. The maximum atomic E-state index is 12.6. The summed E-state index contributed by atoms with van der Waals surface area (Å²) in [6.45, 7) is 9.71. The molecule has 3 aromatic rings. The van der Waals surface area contributed by atoms with Crippen molar-refractivity contribution in [2.24, 2.45) is 4.99 Å². The van der Waals surface area contributed by atoms with Gasteiger partial charge in [-0.3, -0.25) is 0 Å². The van der Waals surface area contributed by atoms with Gasteiger partial charge in [0.05, 0.1) is 24.1 Å². The lowest BCUT2D eigenvalue weighted by atomic mass is 10.0. The van der Waals surface area contributed by atoms with Gasteiger partial charge in [-0.15, -0.1) is 0 Å². The number of piperazine rings is 1. The van der Waals surface area contributed by atoms with Crippen LogP contribution in [0.3, 0.4) is 0 Å². The topological polar surface area (TPSA) is 70.9 Å². The Hall–Kier alpha value is -3.74. The summed E-state index contributed by atoms with van der Waals surface area (Å²) in [6, 6.07) is 20.2. The molecule has 1 aliphatic rings. The first-order chi connectivity index (χ1) is 16.8. The SMILES string of the molecule is CC[C@H]1CN(c2cnc(N=C(c3ccccc3)c3ccccc3)cn2)CCN1C(=O)OC(C)(C)C. The molecule has 1 aliphatic heterocycles. The number of nitrogens with zero attached hydrogens (tertiary/aromatic N) is 5. The number of carbonyl (C=O) groups is 1. The summed E-state index contributed by atoms with van der Waals surface area (Å²) in [5.74, 6) is 1.34. The standard InChI is InChI=1S/C28H33N5O2/c1-5-23-20-32(16-17-33(23)27(34)35-28(2,3)4)25-19-29-24(18-30-25)31-26(21-12-8-6-9-13-21)22-14-10-7-11-15-22/h6-15,18-19,23H,5,16-17,20H2,1-4H3/t23-/m0/s1. The van der Waals surface area contributed by atoms with Crippen LogP contribution in [0.5, 0.6) is 0 Å². The van der Waals surface area contributed by atoms with Gasteiger partial charge in [-0.2, -0.15) is 0 Å². The van der Waals surface area contributed by atoms with Crippen LogP contribution in [0.15, 0.2) is 78.0 Å². The highest BCUT2D eigenvalue weighted by Crippen LogP contribution is 2.22. The van der Waals surface area contributed by atoms with Crippen molar-refractivity contribution in [3.63, 3.8) is 0 Å². The van der Waals surface area contributed by atoms with E-state index in [1.165, 1.54) is 0 Å². The first-order valence-electron chi connectivity index (χ1n) is 12.1. The van der Waals surface area contributed by atoms with E-state index in [1.54, 1.807) is 12.4 Å². The van der Waals surface area contributed by atoms with Gasteiger partial charge in [-0.1, -0.05) is 67.6 Å². The highest BCUT2D eigenvalue weighted by molar-refractivity contribution is 6.13. The molecule has 182 valence electrons. The van der Waals surface area contributed by atoms with E-state index < -0.39 is 5.60 Å². The maximum Gasteiger partial charge on any atom is 0.410 e. The minimum atomic E-state index is -0.507. The molecule has 0 saturated carbocycles. The number of aliphatic imine (C=N–C) groups is 1. The van der Waals surface area contributed by atoms with Crippen LogP contribution in [0.2, 0.25) is 0 Å². The monoisotopic (exact) mass is 471 g/mol. The van der Waals surface area contributed by atoms with E-state index in [1.807, 2.05) is 86.3 Å². The Bertz CT molecular complexity index is 1100. The summed E-state index contributed by atoms with van der Waals surface area (Å²) in [7, 11) is 0. The van der Waals surface area contributed by atoms with E-state index in [2.05, 4.69) is 21.8 Å². The third-order valence-corrected chi connectivity index (χ3v) is 5.85. The summed E-state index contributed by atoms with van der Waals surface area (Å²) in [5.41, 5.74) is 2.39. The second-order valence-corrected chi connectivity index (χ2v) is 9.61. The van der Waals surface area contributed by atoms with Crippen molar-refractivity contribution in [3.8, 4) is 0 Å². The number of anilines is 1. The van der Waals surface area contributed by atoms with E-state index >= 15 is 0 Å². The van der Waals surface area contributed by atoms with Crippen molar-refractivity contribution in [1.82, 2.24) is 14.9 Å². The number of amides is 1. The Kier molecular flexibility index (Phi) is 7.44. The van der Waals surface area contributed by atoms with E-state index in [4.69, 9.17) is 9.73 Å². The lowest BCUT2D eigenvalue weighted by Gasteiger charge is -2.41. The van der Waals surface area contributed by atoms with Crippen LogP contribution < -0.4 is 4.90 Å². The van der Waals surface area contributed by atoms with Crippen molar-refractivity contribution >= 4 is 23.4 Å². The molecule has 1 saturated heterocycles. The van der Waals surface area contributed by atoms with Crippen molar-refractivity contribution in [1.29, 1.82) is 0 Å². The molecule has 35 heavy (non-hydrogen) atoms. The molecule has 1 amide bonds. The molecule has 0 unspecified atom stereocenters. The fourth-order valence-corrected chi connectivity index (χ4v) is 4.11. The summed E-state index contributed by atoms with van der Waals surface area (Å²) in [4.78, 5) is 30.8. The number of rotatable bonds is 5. The zero-order valence-electron chi connectivity index (χ0n) is 20.9. The van der Waals surface area contributed by atoms with Crippen LogP contribution in [0.4, 0.5) is 16.4 Å². The molecule has 2 aromatic carbocycles. The van der Waals surface area contributed by atoms with Gasteiger partial charge in [0.2, 0.25) is 0 Å². The molecule has 4 rings (SSSR count). The maximum absolute atomic E-state index is 12.6. The summed E-state index contributed by atoms with van der Waals surface area (Å²) >= 11 is 0. The number of carbonyl (C=O) groups excluding carboxylic acids is 1. The highest BCUT2D eigenvalue weighted by Gasteiger charge is 2.32. The van der Waals surface area contributed by atoms with Crippen LogP contribution >= 0.6 is 0 Å². The summed E-state index contributed by atoms with van der Waals surface area (Å²) in [5, 5.41) is 0. The second-order valence-electron chi connectivity index (χ2n) is 9.61. The molecule has 0 aliphatic carbocycles. The molecule has 2 heterocycles. The van der Waals surface area contributed by atoms with Crippen molar-refractivity contribution in [3.05, 3.63) is 84.2 Å². The first-order valence-corrected chi connectivity index (χ1v) is 12.1. The predicted molar refractivity (Wildman–Crippen MR) is 139 cm³/mol. The lowest BCUT2D eigenvalue weighted by Crippen LogP contribution is -2.56. The normalized spacial score (nSPS) is 16.1. The molecule has 0 bridgehead atoms. The predicted octanol–water partition coefficient (Wildman–Crippen LogP) is 5.48. The van der Waals surface area contributed by atoms with E-state index in [0.29, 0.717) is 25.5 Å². The molecule has 1 aromatic heterocycles. The Morgan fingerprint density at radius 1 is 0.971 bits per heavy atom. The fraction of sp³-hybridized carbons (Fsp3) is 0.357. The molecule has 1 fully saturated rings. The highest BCUT2D eigenvalue weighted by atomic mass is 16.6. The van der Waals surface area contributed by atoms with E-state index in [-0.39, 0.29) is 12.1 Å². The second kappa shape index (κ2) is 10.7. The summed E-state index contributed by atoms with van der Waals surface area (Å²) < 4.78 is 5.60. The first kappa shape index (κ1) is 24.4. The number of aromatic nitrogens is 2. The molecular weight excluding hydrogens is 438 g/mol. The minimum absolute atomic E-state index is 0.0564. The van der Waals surface area contributed by atoms with E-state index in [9.17, 15) is 4.79 Å². The third kappa shape index (κ3) is 6.23. The third-order valence-electron chi connectivity index (χ3n) is 5.85. The van der Waals surface area contributed by atoms with E-state index in [0.717, 1.165) is 29.1 Å². The largest absolute Gasteiger partial charge is 0.444 e.